The van der Waals surface area contributed by atoms with E-state index in [0.717, 1.165) is 11.1 Å². The smallest absolute Gasteiger partial charge is 0.247 e. The van der Waals surface area contributed by atoms with Gasteiger partial charge in [0, 0.05) is 18.4 Å². The van der Waals surface area contributed by atoms with Crippen LogP contribution in [-0.4, -0.2) is 23.0 Å². The second kappa shape index (κ2) is 8.99. The van der Waals surface area contributed by atoms with Gasteiger partial charge in [-0.3, -0.25) is 9.59 Å². The van der Waals surface area contributed by atoms with Gasteiger partial charge in [-0.15, -0.1) is 0 Å². The summed E-state index contributed by atoms with van der Waals surface area (Å²) in [6, 6.07) is 20.7. The first-order chi connectivity index (χ1) is 13.5. The van der Waals surface area contributed by atoms with Crippen molar-refractivity contribution in [2.45, 2.75) is 32.2 Å². The minimum Gasteiger partial charge on any atom is -0.360 e. The number of rotatable bonds is 7. The number of carbonyl (C=O) groups excluding carboxylic acids is 2. The van der Waals surface area contributed by atoms with Crippen LogP contribution >= 0.6 is 0 Å². The number of carbonyl (C=O) groups is 2. The van der Waals surface area contributed by atoms with Crippen molar-refractivity contribution in [1.29, 1.82) is 0 Å². The molecular weight excluding hydrogens is 354 g/mol. The molecule has 144 valence electrons. The maximum atomic E-state index is 12.6. The number of anilines is 1. The van der Waals surface area contributed by atoms with Crippen LogP contribution in [0.1, 0.15) is 36.1 Å². The molecule has 0 aliphatic carbocycles. The molecule has 0 unspecified atom stereocenters. The lowest BCUT2D eigenvalue weighted by Gasteiger charge is -2.19. The van der Waals surface area contributed by atoms with Crippen LogP contribution in [0.5, 0.6) is 0 Å². The van der Waals surface area contributed by atoms with E-state index in [4.69, 9.17) is 4.52 Å². The molecule has 3 rings (SSSR count). The zero-order chi connectivity index (χ0) is 19.9. The highest BCUT2D eigenvalue weighted by molar-refractivity contribution is 5.96. The van der Waals surface area contributed by atoms with Gasteiger partial charge in [0.25, 0.3) is 0 Å². The summed E-state index contributed by atoms with van der Waals surface area (Å²) in [4.78, 5) is 24.9. The molecule has 0 saturated heterocycles. The van der Waals surface area contributed by atoms with E-state index in [2.05, 4.69) is 15.8 Å². The normalized spacial score (nSPS) is 11.8. The van der Waals surface area contributed by atoms with E-state index in [1.165, 1.54) is 0 Å². The lowest BCUT2D eigenvalue weighted by atomic mass is 9.88. The average molecular weight is 377 g/mol. The Bertz CT molecular complexity index is 883. The molecule has 1 atom stereocenters. The molecular formula is C22H23N3O3. The Kier molecular flexibility index (Phi) is 6.22. The Morgan fingerprint density at radius 3 is 2.07 bits per heavy atom. The summed E-state index contributed by atoms with van der Waals surface area (Å²) in [5, 5.41) is 9.12. The zero-order valence-corrected chi connectivity index (χ0v) is 15.9. The predicted molar refractivity (Wildman–Crippen MR) is 107 cm³/mol. The number of amides is 2. The molecule has 2 aromatic carbocycles. The third-order valence-corrected chi connectivity index (χ3v) is 4.44. The SMILES string of the molecule is Cc1cc(NC(=O)[C@H](C)NC(=O)CC(c2ccccc2)c2ccccc2)no1. The van der Waals surface area contributed by atoms with E-state index < -0.39 is 6.04 Å². The van der Waals surface area contributed by atoms with Gasteiger partial charge in [-0.25, -0.2) is 0 Å². The molecule has 0 fully saturated rings. The number of aromatic nitrogens is 1. The van der Waals surface area contributed by atoms with Gasteiger partial charge in [-0.2, -0.15) is 0 Å². The quantitative estimate of drug-likeness (QED) is 0.658. The molecule has 0 spiro atoms. The Hall–Kier alpha value is -3.41. The van der Waals surface area contributed by atoms with Crippen molar-refractivity contribution in [2.75, 3.05) is 5.32 Å². The van der Waals surface area contributed by atoms with Gasteiger partial charge in [-0.1, -0.05) is 65.8 Å². The van der Waals surface area contributed by atoms with Crippen molar-refractivity contribution < 1.29 is 14.1 Å². The molecule has 2 N–H and O–H groups in total. The molecule has 2 amide bonds. The van der Waals surface area contributed by atoms with Crippen molar-refractivity contribution in [3.63, 3.8) is 0 Å². The van der Waals surface area contributed by atoms with Crippen LogP contribution in [0.15, 0.2) is 71.3 Å². The Morgan fingerprint density at radius 1 is 1.00 bits per heavy atom. The van der Waals surface area contributed by atoms with Gasteiger partial charge >= 0.3 is 0 Å². The van der Waals surface area contributed by atoms with Crippen LogP contribution in [0.25, 0.3) is 0 Å². The maximum Gasteiger partial charge on any atom is 0.247 e. The van der Waals surface area contributed by atoms with E-state index in [1.807, 2.05) is 60.7 Å². The van der Waals surface area contributed by atoms with Crippen molar-refractivity contribution in [3.8, 4) is 0 Å². The fourth-order valence-electron chi connectivity index (χ4n) is 3.01. The highest BCUT2D eigenvalue weighted by Crippen LogP contribution is 2.27. The molecule has 0 aliphatic rings. The molecule has 0 saturated carbocycles. The Balaban J connectivity index is 1.66. The lowest BCUT2D eigenvalue weighted by molar-refractivity contribution is -0.126. The minimum absolute atomic E-state index is 0.0872. The number of benzene rings is 2. The molecule has 3 aromatic rings. The van der Waals surface area contributed by atoms with Crippen LogP contribution in [-0.2, 0) is 9.59 Å². The second-order valence-electron chi connectivity index (χ2n) is 6.68. The van der Waals surface area contributed by atoms with E-state index in [1.54, 1.807) is 19.9 Å². The summed E-state index contributed by atoms with van der Waals surface area (Å²) in [5.41, 5.74) is 2.11. The van der Waals surface area contributed by atoms with Gasteiger partial charge < -0.3 is 15.2 Å². The van der Waals surface area contributed by atoms with Gasteiger partial charge in [-0.05, 0) is 25.0 Å². The second-order valence-corrected chi connectivity index (χ2v) is 6.68. The average Bonchev–Trinajstić information content (AvgIpc) is 3.12. The summed E-state index contributed by atoms with van der Waals surface area (Å²) in [5.74, 6) is 0.292. The highest BCUT2D eigenvalue weighted by Gasteiger charge is 2.22. The number of aryl methyl sites for hydroxylation is 1. The number of nitrogens with one attached hydrogen (secondary N) is 2. The van der Waals surface area contributed by atoms with E-state index >= 15 is 0 Å². The minimum atomic E-state index is -0.697. The fraction of sp³-hybridized carbons (Fsp3) is 0.227. The molecule has 0 radical (unpaired) electrons. The fourth-order valence-corrected chi connectivity index (χ4v) is 3.01. The summed E-state index contributed by atoms with van der Waals surface area (Å²) < 4.78 is 4.92. The van der Waals surface area contributed by atoms with Crippen molar-refractivity contribution in [3.05, 3.63) is 83.6 Å². The molecule has 28 heavy (non-hydrogen) atoms. The summed E-state index contributed by atoms with van der Waals surface area (Å²) in [7, 11) is 0. The molecule has 6 heteroatoms. The first-order valence-corrected chi connectivity index (χ1v) is 9.16. The third-order valence-electron chi connectivity index (χ3n) is 4.44. The van der Waals surface area contributed by atoms with Crippen LogP contribution in [0.3, 0.4) is 0 Å². The largest absolute Gasteiger partial charge is 0.360 e. The molecule has 1 aromatic heterocycles. The van der Waals surface area contributed by atoms with Crippen LogP contribution in [0.2, 0.25) is 0 Å². The number of nitrogens with zero attached hydrogens (tertiary/aromatic N) is 1. The van der Waals surface area contributed by atoms with Crippen molar-refractivity contribution in [2.24, 2.45) is 0 Å². The standard InChI is InChI=1S/C22H23N3O3/c1-15-13-20(25-28-15)24-22(27)16(2)23-21(26)14-19(17-9-5-3-6-10-17)18-11-7-4-8-12-18/h3-13,16,19H,14H2,1-2H3,(H,23,26)(H,24,25,27)/t16-/m0/s1. The molecule has 0 aliphatic heterocycles. The van der Waals surface area contributed by atoms with Gasteiger partial charge in [0.2, 0.25) is 11.8 Å². The molecule has 1 heterocycles. The first-order valence-electron chi connectivity index (χ1n) is 9.16. The zero-order valence-electron chi connectivity index (χ0n) is 15.9. The Morgan fingerprint density at radius 2 is 1.57 bits per heavy atom. The van der Waals surface area contributed by atoms with Crippen molar-refractivity contribution >= 4 is 17.6 Å². The monoisotopic (exact) mass is 377 g/mol. The van der Waals surface area contributed by atoms with Gasteiger partial charge in [0.1, 0.15) is 11.8 Å². The number of hydrogen-bond donors (Lipinski definition) is 2. The maximum absolute atomic E-state index is 12.6. The molecule has 6 nitrogen and oxygen atoms in total. The summed E-state index contributed by atoms with van der Waals surface area (Å²) in [6.07, 6.45) is 0.245. The summed E-state index contributed by atoms with van der Waals surface area (Å²) in [6.45, 7) is 3.38. The van der Waals surface area contributed by atoms with E-state index in [-0.39, 0.29) is 24.2 Å². The van der Waals surface area contributed by atoms with Crippen LogP contribution in [0, 0.1) is 6.92 Å². The van der Waals surface area contributed by atoms with E-state index in [0.29, 0.717) is 11.6 Å². The van der Waals surface area contributed by atoms with E-state index in [9.17, 15) is 9.59 Å². The highest BCUT2D eigenvalue weighted by atomic mass is 16.5. The number of hydrogen-bond acceptors (Lipinski definition) is 4. The van der Waals surface area contributed by atoms with Crippen molar-refractivity contribution in [1.82, 2.24) is 10.5 Å². The van der Waals surface area contributed by atoms with Crippen LogP contribution in [0.4, 0.5) is 5.82 Å². The third kappa shape index (κ3) is 5.07. The molecule has 0 bridgehead atoms. The van der Waals surface area contributed by atoms with Gasteiger partial charge in [0.05, 0.1) is 0 Å². The Labute approximate surface area is 163 Å². The first kappa shape index (κ1) is 19.4. The predicted octanol–water partition coefficient (Wildman–Crippen LogP) is 3.65. The van der Waals surface area contributed by atoms with Gasteiger partial charge in [0.15, 0.2) is 5.82 Å². The van der Waals surface area contributed by atoms with Crippen LogP contribution < -0.4 is 10.6 Å². The lowest BCUT2D eigenvalue weighted by Crippen LogP contribution is -2.42. The topological polar surface area (TPSA) is 84.2 Å². The summed E-state index contributed by atoms with van der Waals surface area (Å²) >= 11 is 0.